The molecule has 5 nitrogen and oxygen atoms in total. The molecule has 0 bridgehead atoms. The summed E-state index contributed by atoms with van der Waals surface area (Å²) in [5, 5.41) is 0. The predicted octanol–water partition coefficient (Wildman–Crippen LogP) is 14.1. The van der Waals surface area contributed by atoms with E-state index in [2.05, 4.69) is 202 Å². The van der Waals surface area contributed by atoms with Gasteiger partial charge >= 0.3 is 0 Å². The highest BCUT2D eigenvalue weighted by atomic mass is 79.9. The molecular weight excluding hydrogens is 936 g/mol. The van der Waals surface area contributed by atoms with Crippen LogP contribution < -0.4 is 0 Å². The van der Waals surface area contributed by atoms with Crippen LogP contribution in [-0.2, 0) is 34.9 Å². The molecule has 328 valence electrons. The quantitative estimate of drug-likeness (QED) is 0.0500. The zero-order chi connectivity index (χ0) is 44.6. The summed E-state index contributed by atoms with van der Waals surface area (Å²) in [5.41, 5.74) is 6.46. The molecule has 0 amide bonds. The molecule has 7 heteroatoms. The first-order valence-electron chi connectivity index (χ1n) is 22.0. The van der Waals surface area contributed by atoms with Gasteiger partial charge in [-0.2, -0.15) is 0 Å². The zero-order valence-electron chi connectivity index (χ0n) is 36.1. The third kappa shape index (κ3) is 11.3. The van der Waals surface area contributed by atoms with Gasteiger partial charge in [0.15, 0.2) is 0 Å². The number of hydrogen-bond donors (Lipinski definition) is 0. The molecule has 8 rings (SSSR count). The summed E-state index contributed by atoms with van der Waals surface area (Å²) in [4.78, 5) is 0. The van der Waals surface area contributed by atoms with E-state index in [1.54, 1.807) is 0 Å². The Bertz CT molecular complexity index is 2200. The summed E-state index contributed by atoms with van der Waals surface area (Å²) in [5.74, 6) is 0. The molecule has 0 unspecified atom stereocenters. The highest BCUT2D eigenvalue weighted by Crippen LogP contribution is 2.43. The van der Waals surface area contributed by atoms with E-state index in [1.165, 1.54) is 0 Å². The Morgan fingerprint density at radius 3 is 0.800 bits per heavy atom. The Kier molecular flexibility index (Phi) is 16.4. The molecule has 0 aliphatic heterocycles. The van der Waals surface area contributed by atoms with Crippen LogP contribution in [0.1, 0.15) is 56.7 Å². The van der Waals surface area contributed by atoms with Crippen LogP contribution >= 0.6 is 31.9 Å². The Hall–Kier alpha value is -5.48. The molecule has 8 aromatic rings. The van der Waals surface area contributed by atoms with Gasteiger partial charge in [0.25, 0.3) is 0 Å². The summed E-state index contributed by atoms with van der Waals surface area (Å²) in [7, 11) is 0. The second kappa shape index (κ2) is 23.1. The van der Waals surface area contributed by atoms with Gasteiger partial charge in [-0.1, -0.05) is 238 Å². The van der Waals surface area contributed by atoms with E-state index in [9.17, 15) is 0 Å². The van der Waals surface area contributed by atoms with E-state index in [-0.39, 0.29) is 25.4 Å². The standard InChI is InChI=1S/C58H52Br2O5/c59-53-35-31-45(32-36-53)55(43-64-57(47-19-7-1-8-20-47,48-21-9-2-10-22-48)49-23-11-3-12-24-49)62-41-39-61-40-42-63-56(46-33-37-54(60)38-34-46)44-65-58(50-25-13-4-14-26-50,51-27-15-5-16-28-51)52-29-17-6-18-30-52/h1-38,55-56H,39-44H2/t55-,56-/m1/s1. The normalized spacial score (nSPS) is 12.7. The number of rotatable bonds is 22. The first-order valence-corrected chi connectivity index (χ1v) is 23.6. The highest BCUT2D eigenvalue weighted by Gasteiger charge is 2.40. The first kappa shape index (κ1) is 46.1. The van der Waals surface area contributed by atoms with Crippen LogP contribution in [-0.4, -0.2) is 39.6 Å². The molecule has 0 heterocycles. The minimum atomic E-state index is -0.882. The minimum absolute atomic E-state index is 0.286. The number of hydrogen-bond acceptors (Lipinski definition) is 5. The average molecular weight is 989 g/mol. The highest BCUT2D eigenvalue weighted by molar-refractivity contribution is 9.10. The van der Waals surface area contributed by atoms with Crippen LogP contribution in [0.25, 0.3) is 0 Å². The van der Waals surface area contributed by atoms with Crippen molar-refractivity contribution in [2.75, 3.05) is 39.6 Å². The van der Waals surface area contributed by atoms with Crippen LogP contribution in [0.2, 0.25) is 0 Å². The minimum Gasteiger partial charge on any atom is -0.377 e. The van der Waals surface area contributed by atoms with Crippen molar-refractivity contribution in [2.45, 2.75) is 23.4 Å². The Balaban J connectivity index is 0.958. The molecule has 0 aliphatic rings. The molecule has 0 N–H and O–H groups in total. The molecule has 0 spiro atoms. The Morgan fingerprint density at radius 1 is 0.308 bits per heavy atom. The van der Waals surface area contributed by atoms with Gasteiger partial charge in [0.2, 0.25) is 0 Å². The fraction of sp³-hybridized carbons (Fsp3) is 0.172. The van der Waals surface area contributed by atoms with Crippen LogP contribution in [0.3, 0.4) is 0 Å². The van der Waals surface area contributed by atoms with Crippen molar-refractivity contribution in [3.8, 4) is 0 Å². The van der Waals surface area contributed by atoms with E-state index in [0.29, 0.717) is 26.4 Å². The van der Waals surface area contributed by atoms with Crippen LogP contribution in [0.4, 0.5) is 0 Å². The molecular formula is C58H52Br2O5. The lowest BCUT2D eigenvalue weighted by molar-refractivity contribution is -0.0894. The summed E-state index contributed by atoms with van der Waals surface area (Å²) >= 11 is 7.22. The third-order valence-electron chi connectivity index (χ3n) is 11.6. The van der Waals surface area contributed by atoms with Gasteiger partial charge in [-0.15, -0.1) is 0 Å². The molecule has 0 saturated carbocycles. The van der Waals surface area contributed by atoms with E-state index < -0.39 is 11.2 Å². The lowest BCUT2D eigenvalue weighted by Gasteiger charge is -2.37. The molecule has 0 aromatic heterocycles. The second-order valence-electron chi connectivity index (χ2n) is 15.6. The smallest absolute Gasteiger partial charge is 0.143 e. The van der Waals surface area contributed by atoms with Gasteiger partial charge < -0.3 is 23.7 Å². The van der Waals surface area contributed by atoms with Gasteiger partial charge in [-0.05, 0) is 68.8 Å². The SMILES string of the molecule is Brc1ccc([C@@H](COC(c2ccccc2)(c2ccccc2)c2ccccc2)OCCOCCO[C@H](COC(c2ccccc2)(c2ccccc2)c2ccccc2)c2ccc(Br)cc2)cc1. The number of benzene rings is 8. The van der Waals surface area contributed by atoms with Crippen molar-refractivity contribution in [3.05, 3.63) is 284 Å². The fourth-order valence-electron chi connectivity index (χ4n) is 8.38. The van der Waals surface area contributed by atoms with Gasteiger partial charge in [0.05, 0.1) is 39.6 Å². The molecule has 2 atom stereocenters. The number of halogens is 2. The molecule has 65 heavy (non-hydrogen) atoms. The number of ether oxygens (including phenoxy) is 5. The van der Waals surface area contributed by atoms with E-state index >= 15 is 0 Å². The molecule has 0 fully saturated rings. The van der Waals surface area contributed by atoms with Crippen LogP contribution in [0.5, 0.6) is 0 Å². The lowest BCUT2D eigenvalue weighted by Crippen LogP contribution is -2.35. The molecule has 0 aliphatic carbocycles. The summed E-state index contributed by atoms with van der Waals surface area (Å²) in [6.07, 6.45) is -0.756. The second-order valence-corrected chi connectivity index (χ2v) is 17.4. The topological polar surface area (TPSA) is 46.2 Å². The third-order valence-corrected chi connectivity index (χ3v) is 12.6. The maximum absolute atomic E-state index is 7.23. The van der Waals surface area contributed by atoms with Crippen molar-refractivity contribution in [1.82, 2.24) is 0 Å². The molecule has 0 saturated heterocycles. The van der Waals surface area contributed by atoms with Gasteiger partial charge in [-0.25, -0.2) is 0 Å². The first-order chi connectivity index (χ1) is 32.1. The fourth-order valence-corrected chi connectivity index (χ4v) is 8.90. The maximum atomic E-state index is 7.23. The van der Waals surface area contributed by atoms with Crippen molar-refractivity contribution in [3.63, 3.8) is 0 Å². The molecule has 8 aromatic carbocycles. The zero-order valence-corrected chi connectivity index (χ0v) is 39.3. The average Bonchev–Trinajstić information content (AvgIpc) is 3.37. The monoisotopic (exact) mass is 986 g/mol. The van der Waals surface area contributed by atoms with Gasteiger partial charge in [0, 0.05) is 8.95 Å². The van der Waals surface area contributed by atoms with Crippen molar-refractivity contribution < 1.29 is 23.7 Å². The van der Waals surface area contributed by atoms with E-state index in [0.717, 1.165) is 53.5 Å². The Labute approximate surface area is 400 Å². The Morgan fingerprint density at radius 2 is 0.554 bits per heavy atom. The largest absolute Gasteiger partial charge is 0.377 e. The van der Waals surface area contributed by atoms with Gasteiger partial charge in [0.1, 0.15) is 23.4 Å². The van der Waals surface area contributed by atoms with Gasteiger partial charge in [-0.3, -0.25) is 0 Å². The maximum Gasteiger partial charge on any atom is 0.143 e. The van der Waals surface area contributed by atoms with Crippen molar-refractivity contribution >= 4 is 31.9 Å². The molecule has 0 radical (unpaired) electrons. The summed E-state index contributed by atoms with van der Waals surface area (Å²) in [6.45, 7) is 2.02. The van der Waals surface area contributed by atoms with Crippen molar-refractivity contribution in [1.29, 1.82) is 0 Å². The lowest BCUT2D eigenvalue weighted by atomic mass is 9.80. The summed E-state index contributed by atoms with van der Waals surface area (Å²) in [6, 6.07) is 78.9. The van der Waals surface area contributed by atoms with Crippen LogP contribution in [0.15, 0.2) is 239 Å². The van der Waals surface area contributed by atoms with Crippen molar-refractivity contribution in [2.24, 2.45) is 0 Å². The van der Waals surface area contributed by atoms with E-state index in [4.69, 9.17) is 23.7 Å². The summed E-state index contributed by atoms with van der Waals surface area (Å²) < 4.78 is 35.9. The predicted molar refractivity (Wildman–Crippen MR) is 267 cm³/mol. The van der Waals surface area contributed by atoms with Crippen LogP contribution in [0, 0.1) is 0 Å². The van der Waals surface area contributed by atoms with E-state index in [1.807, 2.05) is 60.7 Å².